The summed E-state index contributed by atoms with van der Waals surface area (Å²) in [7, 11) is -2.20. The highest BCUT2D eigenvalue weighted by Crippen LogP contribution is 2.24. The van der Waals surface area contributed by atoms with Gasteiger partial charge in [0.15, 0.2) is 6.10 Å². The van der Waals surface area contributed by atoms with Crippen LogP contribution in [0.2, 0.25) is 0 Å². The molecule has 0 heterocycles. The summed E-state index contributed by atoms with van der Waals surface area (Å²) in [6.45, 7) is 3.55. The number of sulfonamides is 1. The van der Waals surface area contributed by atoms with Crippen LogP contribution in [0.4, 0.5) is 5.69 Å². The number of anilines is 1. The maximum atomic E-state index is 12.7. The molecule has 0 fully saturated rings. The highest BCUT2D eigenvalue weighted by molar-refractivity contribution is 7.92. The summed E-state index contributed by atoms with van der Waals surface area (Å²) in [5.74, 6) is 0.339. The minimum absolute atomic E-state index is 0.199. The number of rotatable bonds is 7. The molecule has 0 aliphatic rings. The van der Waals surface area contributed by atoms with Gasteiger partial charge >= 0.3 is 5.97 Å². The lowest BCUT2D eigenvalue weighted by Crippen LogP contribution is -2.28. The van der Waals surface area contributed by atoms with Gasteiger partial charge in [-0.15, -0.1) is 0 Å². The first kappa shape index (κ1) is 21.4. The summed E-state index contributed by atoms with van der Waals surface area (Å²) >= 11 is 0. The smallest absolute Gasteiger partial charge is 0.352 e. The molecule has 156 valence electrons. The zero-order valence-electron chi connectivity index (χ0n) is 17.0. The minimum Gasteiger partial charge on any atom is -0.479 e. The van der Waals surface area contributed by atoms with Gasteiger partial charge in [0.1, 0.15) is 11.5 Å². The molecule has 0 radical (unpaired) electrons. The van der Waals surface area contributed by atoms with E-state index in [4.69, 9.17) is 9.47 Å². The number of esters is 1. The lowest BCUT2D eigenvalue weighted by Gasteiger charge is -2.20. The summed E-state index contributed by atoms with van der Waals surface area (Å²) in [6, 6.07) is 21.8. The molecule has 0 saturated heterocycles. The van der Waals surface area contributed by atoms with Gasteiger partial charge in [-0.2, -0.15) is 0 Å². The second kappa shape index (κ2) is 9.00. The molecule has 1 atom stereocenters. The molecule has 30 heavy (non-hydrogen) atoms. The SMILES string of the molecule is Cc1cccc(OC(C)C(=O)Oc2ccc(N(C)S(=O)(=O)c3ccccc3)cc2)c1. The molecule has 0 spiro atoms. The van der Waals surface area contributed by atoms with Crippen LogP contribution in [0.1, 0.15) is 12.5 Å². The highest BCUT2D eigenvalue weighted by atomic mass is 32.2. The van der Waals surface area contributed by atoms with E-state index in [0.717, 1.165) is 5.56 Å². The van der Waals surface area contributed by atoms with E-state index >= 15 is 0 Å². The summed E-state index contributed by atoms with van der Waals surface area (Å²) in [5, 5.41) is 0. The molecule has 1 unspecified atom stereocenters. The number of carbonyl (C=O) groups is 1. The fourth-order valence-electron chi connectivity index (χ4n) is 2.75. The summed E-state index contributed by atoms with van der Waals surface area (Å²) in [6.07, 6.45) is -0.799. The predicted molar refractivity (Wildman–Crippen MR) is 115 cm³/mol. The van der Waals surface area contributed by atoms with Crippen molar-refractivity contribution >= 4 is 21.7 Å². The quantitative estimate of drug-likeness (QED) is 0.419. The minimum atomic E-state index is -3.67. The van der Waals surface area contributed by atoms with Crippen LogP contribution in [0.3, 0.4) is 0 Å². The molecular formula is C23H23NO5S. The second-order valence-electron chi connectivity index (χ2n) is 6.78. The van der Waals surface area contributed by atoms with Crippen LogP contribution in [0.25, 0.3) is 0 Å². The van der Waals surface area contributed by atoms with Crippen molar-refractivity contribution in [2.24, 2.45) is 0 Å². The third-order valence-corrected chi connectivity index (χ3v) is 6.25. The van der Waals surface area contributed by atoms with Crippen LogP contribution in [-0.4, -0.2) is 27.5 Å². The average molecular weight is 426 g/mol. The van der Waals surface area contributed by atoms with E-state index in [1.165, 1.54) is 23.5 Å². The number of benzene rings is 3. The Labute approximate surface area is 176 Å². The summed E-state index contributed by atoms with van der Waals surface area (Å²) < 4.78 is 37.6. The van der Waals surface area contributed by atoms with Crippen molar-refractivity contribution in [2.75, 3.05) is 11.4 Å². The van der Waals surface area contributed by atoms with E-state index in [9.17, 15) is 13.2 Å². The van der Waals surface area contributed by atoms with Gasteiger partial charge in [0.05, 0.1) is 10.6 Å². The van der Waals surface area contributed by atoms with Crippen molar-refractivity contribution in [3.05, 3.63) is 84.4 Å². The first-order valence-electron chi connectivity index (χ1n) is 9.36. The Morgan fingerprint density at radius 2 is 1.57 bits per heavy atom. The van der Waals surface area contributed by atoms with Gasteiger partial charge in [0, 0.05) is 7.05 Å². The average Bonchev–Trinajstić information content (AvgIpc) is 2.74. The maximum Gasteiger partial charge on any atom is 0.352 e. The number of nitrogens with zero attached hydrogens (tertiary/aromatic N) is 1. The third kappa shape index (κ3) is 4.99. The normalized spacial score (nSPS) is 12.1. The van der Waals surface area contributed by atoms with E-state index in [0.29, 0.717) is 17.2 Å². The van der Waals surface area contributed by atoms with Gasteiger partial charge < -0.3 is 9.47 Å². The Morgan fingerprint density at radius 1 is 0.900 bits per heavy atom. The van der Waals surface area contributed by atoms with Gasteiger partial charge in [-0.25, -0.2) is 13.2 Å². The van der Waals surface area contributed by atoms with Gasteiger partial charge in [-0.3, -0.25) is 4.31 Å². The molecule has 0 saturated carbocycles. The van der Waals surface area contributed by atoms with E-state index < -0.39 is 22.1 Å². The molecule has 6 nitrogen and oxygen atoms in total. The summed E-state index contributed by atoms with van der Waals surface area (Å²) in [5.41, 5.74) is 1.47. The van der Waals surface area contributed by atoms with Gasteiger partial charge in [-0.1, -0.05) is 30.3 Å². The number of aryl methyl sites for hydroxylation is 1. The molecule has 7 heteroatoms. The molecule has 0 bridgehead atoms. The van der Waals surface area contributed by atoms with Gasteiger partial charge in [0.2, 0.25) is 0 Å². The number of hydrogen-bond acceptors (Lipinski definition) is 5. The Balaban J connectivity index is 1.66. The highest BCUT2D eigenvalue weighted by Gasteiger charge is 2.21. The molecule has 0 amide bonds. The Hall–Kier alpha value is -3.32. The number of ether oxygens (including phenoxy) is 2. The van der Waals surface area contributed by atoms with E-state index in [1.54, 1.807) is 55.5 Å². The Bertz CT molecular complexity index is 1110. The molecule has 0 aliphatic heterocycles. The number of hydrogen-bond donors (Lipinski definition) is 0. The van der Waals surface area contributed by atoms with Crippen LogP contribution in [0.5, 0.6) is 11.5 Å². The lowest BCUT2D eigenvalue weighted by molar-refractivity contribution is -0.141. The predicted octanol–water partition coefficient (Wildman–Crippen LogP) is 4.19. The molecule has 3 aromatic carbocycles. The topological polar surface area (TPSA) is 72.9 Å². The third-order valence-electron chi connectivity index (χ3n) is 4.45. The molecular weight excluding hydrogens is 402 g/mol. The van der Waals surface area contributed by atoms with E-state index in [2.05, 4.69) is 0 Å². The van der Waals surface area contributed by atoms with Crippen LogP contribution in [0.15, 0.2) is 83.8 Å². The first-order valence-corrected chi connectivity index (χ1v) is 10.8. The van der Waals surface area contributed by atoms with E-state index in [1.807, 2.05) is 25.1 Å². The maximum absolute atomic E-state index is 12.7. The van der Waals surface area contributed by atoms with E-state index in [-0.39, 0.29) is 4.90 Å². The molecule has 0 aromatic heterocycles. The lowest BCUT2D eigenvalue weighted by atomic mass is 10.2. The fourth-order valence-corrected chi connectivity index (χ4v) is 3.97. The zero-order valence-corrected chi connectivity index (χ0v) is 17.8. The van der Waals surface area contributed by atoms with Crippen LogP contribution in [-0.2, 0) is 14.8 Å². The second-order valence-corrected chi connectivity index (χ2v) is 8.75. The van der Waals surface area contributed by atoms with Gasteiger partial charge in [-0.05, 0) is 67.9 Å². The monoisotopic (exact) mass is 425 g/mol. The molecule has 3 aromatic rings. The van der Waals surface area contributed by atoms with Crippen molar-refractivity contribution in [1.82, 2.24) is 0 Å². The standard InChI is InChI=1S/C23H23NO5S/c1-17-8-7-9-21(16-17)28-18(2)23(25)29-20-14-12-19(13-15-20)24(3)30(26,27)22-10-5-4-6-11-22/h4-16,18H,1-3H3. The van der Waals surface area contributed by atoms with Crippen LogP contribution < -0.4 is 13.8 Å². The molecule has 0 N–H and O–H groups in total. The fraction of sp³-hybridized carbons (Fsp3) is 0.174. The zero-order chi connectivity index (χ0) is 21.7. The van der Waals surface area contributed by atoms with Gasteiger partial charge in [0.25, 0.3) is 10.0 Å². The molecule has 0 aliphatic carbocycles. The van der Waals surface area contributed by atoms with Crippen LogP contribution in [0, 0.1) is 6.92 Å². The largest absolute Gasteiger partial charge is 0.479 e. The van der Waals surface area contributed by atoms with Crippen molar-refractivity contribution in [1.29, 1.82) is 0 Å². The van der Waals surface area contributed by atoms with Crippen molar-refractivity contribution in [2.45, 2.75) is 24.8 Å². The van der Waals surface area contributed by atoms with Crippen LogP contribution >= 0.6 is 0 Å². The number of carbonyl (C=O) groups excluding carboxylic acids is 1. The summed E-state index contributed by atoms with van der Waals surface area (Å²) in [4.78, 5) is 12.5. The van der Waals surface area contributed by atoms with Crippen molar-refractivity contribution < 1.29 is 22.7 Å². The van der Waals surface area contributed by atoms with Crippen molar-refractivity contribution in [3.8, 4) is 11.5 Å². The van der Waals surface area contributed by atoms with Crippen molar-refractivity contribution in [3.63, 3.8) is 0 Å². The Kier molecular flexibility index (Phi) is 6.42. The Morgan fingerprint density at radius 3 is 2.20 bits per heavy atom. The first-order chi connectivity index (χ1) is 14.3. The molecule has 3 rings (SSSR count).